The van der Waals surface area contributed by atoms with Gasteiger partial charge in [0.1, 0.15) is 17.3 Å². The summed E-state index contributed by atoms with van der Waals surface area (Å²) >= 11 is 0. The van der Waals surface area contributed by atoms with Gasteiger partial charge in [-0.2, -0.15) is 0 Å². The topological polar surface area (TPSA) is 38.7 Å². The van der Waals surface area contributed by atoms with Gasteiger partial charge in [-0.05, 0) is 61.1 Å². The molecule has 3 nitrogen and oxygen atoms in total. The lowest BCUT2D eigenvalue weighted by Gasteiger charge is -2.31. The number of benzene rings is 2. The van der Waals surface area contributed by atoms with Crippen molar-refractivity contribution in [3.8, 4) is 11.5 Å². The Kier molecular flexibility index (Phi) is 5.84. The molecular formula is C20H25FO3. The normalized spacial score (nSPS) is 14.8. The molecule has 2 atom stereocenters. The molecule has 0 aliphatic carbocycles. The van der Waals surface area contributed by atoms with E-state index in [9.17, 15) is 9.50 Å². The van der Waals surface area contributed by atoms with Crippen molar-refractivity contribution in [2.24, 2.45) is 5.92 Å². The van der Waals surface area contributed by atoms with E-state index in [2.05, 4.69) is 0 Å². The average molecular weight is 332 g/mol. The lowest BCUT2D eigenvalue weighted by atomic mass is 9.80. The molecule has 2 rings (SSSR count). The minimum absolute atomic E-state index is 0.000588. The Labute approximate surface area is 143 Å². The van der Waals surface area contributed by atoms with E-state index >= 15 is 0 Å². The van der Waals surface area contributed by atoms with Crippen LogP contribution >= 0.6 is 0 Å². The van der Waals surface area contributed by atoms with E-state index in [-0.39, 0.29) is 11.7 Å². The van der Waals surface area contributed by atoms with Gasteiger partial charge in [-0.1, -0.05) is 19.1 Å². The Morgan fingerprint density at radius 3 is 2.08 bits per heavy atom. The molecule has 0 aliphatic rings. The van der Waals surface area contributed by atoms with Gasteiger partial charge in [0, 0.05) is 6.07 Å². The van der Waals surface area contributed by atoms with Gasteiger partial charge in [-0.15, -0.1) is 0 Å². The van der Waals surface area contributed by atoms with Crippen LogP contribution in [0.5, 0.6) is 11.5 Å². The Morgan fingerprint density at radius 2 is 1.58 bits per heavy atom. The number of methoxy groups -OCH3 is 2. The smallest absolute Gasteiger partial charge is 0.123 e. The highest BCUT2D eigenvalue weighted by molar-refractivity contribution is 5.41. The molecule has 4 heteroatoms. The first-order chi connectivity index (χ1) is 11.4. The molecule has 0 saturated heterocycles. The molecular weight excluding hydrogens is 307 g/mol. The van der Waals surface area contributed by atoms with Gasteiger partial charge in [0.2, 0.25) is 0 Å². The molecule has 2 aromatic rings. The average Bonchev–Trinajstić information content (AvgIpc) is 2.60. The molecule has 1 N–H and O–H groups in total. The van der Waals surface area contributed by atoms with E-state index in [4.69, 9.17) is 9.47 Å². The van der Waals surface area contributed by atoms with Crippen LogP contribution in [0.4, 0.5) is 4.39 Å². The number of halogens is 1. The molecule has 0 aliphatic heterocycles. The molecule has 0 radical (unpaired) electrons. The summed E-state index contributed by atoms with van der Waals surface area (Å²) in [5.41, 5.74) is 0.787. The largest absolute Gasteiger partial charge is 0.497 e. The molecule has 2 unspecified atom stereocenters. The summed E-state index contributed by atoms with van der Waals surface area (Å²) in [6, 6.07) is 11.9. The maximum Gasteiger partial charge on any atom is 0.123 e. The highest BCUT2D eigenvalue weighted by Crippen LogP contribution is 2.36. The monoisotopic (exact) mass is 332 g/mol. The lowest BCUT2D eigenvalue weighted by molar-refractivity contribution is -0.00212. The maximum absolute atomic E-state index is 13.0. The fourth-order valence-electron chi connectivity index (χ4n) is 2.70. The summed E-state index contributed by atoms with van der Waals surface area (Å²) < 4.78 is 23.5. The first-order valence-corrected chi connectivity index (χ1v) is 8.07. The molecule has 2 aromatic carbocycles. The predicted octanol–water partition coefficient (Wildman–Crippen LogP) is 4.32. The molecule has 0 heterocycles. The highest BCUT2D eigenvalue weighted by Gasteiger charge is 2.31. The quantitative estimate of drug-likeness (QED) is 0.821. The fraction of sp³-hybridized carbons (Fsp3) is 0.400. The van der Waals surface area contributed by atoms with Gasteiger partial charge in [0.25, 0.3) is 0 Å². The number of ether oxygens (including phenoxy) is 2. The van der Waals surface area contributed by atoms with E-state index in [0.717, 1.165) is 24.0 Å². The van der Waals surface area contributed by atoms with Gasteiger partial charge in [-0.3, -0.25) is 0 Å². The molecule has 0 aromatic heterocycles. The summed E-state index contributed by atoms with van der Waals surface area (Å²) in [4.78, 5) is 0. The van der Waals surface area contributed by atoms with Gasteiger partial charge >= 0.3 is 0 Å². The van der Waals surface area contributed by atoms with Gasteiger partial charge in [-0.25, -0.2) is 4.39 Å². The second-order valence-electron chi connectivity index (χ2n) is 6.32. The molecule has 0 bridgehead atoms. The van der Waals surface area contributed by atoms with Crippen LogP contribution in [0.3, 0.4) is 0 Å². The molecule has 130 valence electrons. The molecule has 0 saturated carbocycles. The second-order valence-corrected chi connectivity index (χ2v) is 6.32. The molecule has 0 amide bonds. The van der Waals surface area contributed by atoms with Crippen molar-refractivity contribution in [3.63, 3.8) is 0 Å². The predicted molar refractivity (Wildman–Crippen MR) is 93.0 cm³/mol. The summed E-state index contributed by atoms with van der Waals surface area (Å²) in [5, 5.41) is 11.0. The number of rotatable bonds is 7. The lowest BCUT2D eigenvalue weighted by Crippen LogP contribution is -2.30. The molecule has 0 spiro atoms. The van der Waals surface area contributed by atoms with Gasteiger partial charge < -0.3 is 14.6 Å². The summed E-state index contributed by atoms with van der Waals surface area (Å²) in [6.07, 6.45) is 1.55. The summed E-state index contributed by atoms with van der Waals surface area (Å²) in [5.74, 6) is 1.06. The Bertz CT molecular complexity index is 643. The molecule has 0 fully saturated rings. The zero-order valence-corrected chi connectivity index (χ0v) is 14.7. The van der Waals surface area contributed by atoms with Crippen LogP contribution in [0.25, 0.3) is 0 Å². The van der Waals surface area contributed by atoms with Crippen LogP contribution < -0.4 is 9.47 Å². The second kappa shape index (κ2) is 7.67. The first kappa shape index (κ1) is 18.3. The van der Waals surface area contributed by atoms with Crippen molar-refractivity contribution in [2.45, 2.75) is 32.3 Å². The van der Waals surface area contributed by atoms with Crippen LogP contribution in [0, 0.1) is 11.7 Å². The standard InChI is InChI=1S/C20H25FO3/c1-14(5-6-15-7-9-17(21)10-8-15)20(2,22)16-11-18(23-3)13-19(12-16)24-4/h7-14,22H,5-6H2,1-4H3. The SMILES string of the molecule is COc1cc(OC)cc(C(C)(O)C(C)CCc2ccc(F)cc2)c1. The van der Waals surface area contributed by atoms with Crippen molar-refractivity contribution in [3.05, 3.63) is 59.4 Å². The van der Waals surface area contributed by atoms with Crippen LogP contribution in [0.2, 0.25) is 0 Å². The van der Waals surface area contributed by atoms with E-state index in [1.165, 1.54) is 12.1 Å². The van der Waals surface area contributed by atoms with Crippen molar-refractivity contribution in [2.75, 3.05) is 14.2 Å². The van der Waals surface area contributed by atoms with E-state index in [1.54, 1.807) is 39.3 Å². The van der Waals surface area contributed by atoms with Crippen LogP contribution in [-0.2, 0) is 12.0 Å². The van der Waals surface area contributed by atoms with Gasteiger partial charge in [0.05, 0.1) is 19.8 Å². The minimum Gasteiger partial charge on any atom is -0.497 e. The fourth-order valence-corrected chi connectivity index (χ4v) is 2.70. The van der Waals surface area contributed by atoms with Crippen molar-refractivity contribution < 1.29 is 19.0 Å². The van der Waals surface area contributed by atoms with Crippen molar-refractivity contribution >= 4 is 0 Å². The third-order valence-electron chi connectivity index (χ3n) is 4.67. The van der Waals surface area contributed by atoms with Crippen LogP contribution in [0.15, 0.2) is 42.5 Å². The van der Waals surface area contributed by atoms with Crippen LogP contribution in [-0.4, -0.2) is 19.3 Å². The van der Waals surface area contributed by atoms with Gasteiger partial charge in [0.15, 0.2) is 0 Å². The first-order valence-electron chi connectivity index (χ1n) is 8.07. The zero-order chi connectivity index (χ0) is 17.7. The summed E-state index contributed by atoms with van der Waals surface area (Å²) in [7, 11) is 3.18. The van der Waals surface area contributed by atoms with Crippen molar-refractivity contribution in [1.82, 2.24) is 0 Å². The van der Waals surface area contributed by atoms with E-state index in [1.807, 2.05) is 19.1 Å². The number of aliphatic hydroxyl groups is 1. The minimum atomic E-state index is -1.03. The number of hydrogen-bond acceptors (Lipinski definition) is 3. The number of hydrogen-bond donors (Lipinski definition) is 1. The van der Waals surface area contributed by atoms with E-state index < -0.39 is 5.60 Å². The number of aryl methyl sites for hydroxylation is 1. The Morgan fingerprint density at radius 1 is 1.04 bits per heavy atom. The van der Waals surface area contributed by atoms with E-state index in [0.29, 0.717) is 11.5 Å². The zero-order valence-electron chi connectivity index (χ0n) is 14.7. The molecule has 24 heavy (non-hydrogen) atoms. The Balaban J connectivity index is 2.14. The summed E-state index contributed by atoms with van der Waals surface area (Å²) in [6.45, 7) is 3.81. The Hall–Kier alpha value is -2.07. The van der Waals surface area contributed by atoms with Crippen molar-refractivity contribution in [1.29, 1.82) is 0 Å². The third-order valence-corrected chi connectivity index (χ3v) is 4.67. The van der Waals surface area contributed by atoms with Crippen LogP contribution in [0.1, 0.15) is 31.4 Å². The highest BCUT2D eigenvalue weighted by atomic mass is 19.1. The third kappa shape index (κ3) is 4.26. The maximum atomic E-state index is 13.0.